The fourth-order valence-electron chi connectivity index (χ4n) is 3.30. The number of halogens is 2. The highest BCUT2D eigenvalue weighted by Crippen LogP contribution is 2.35. The fourth-order valence-corrected chi connectivity index (χ4v) is 3.30. The van der Waals surface area contributed by atoms with Gasteiger partial charge in [-0.3, -0.25) is 9.88 Å². The Bertz CT molecular complexity index is 451. The minimum atomic E-state index is -2.31. The van der Waals surface area contributed by atoms with E-state index in [1.54, 1.807) is 6.20 Å². The number of nitrogens with zero attached hydrogens (tertiary/aromatic N) is 2. The van der Waals surface area contributed by atoms with E-state index < -0.39 is 6.43 Å². The Morgan fingerprint density at radius 1 is 1.38 bits per heavy atom. The number of nitrogens with one attached hydrogen (secondary N) is 1. The minimum absolute atomic E-state index is 0.193. The van der Waals surface area contributed by atoms with Crippen LogP contribution in [-0.4, -0.2) is 54.6 Å². The summed E-state index contributed by atoms with van der Waals surface area (Å²) in [6.07, 6.45) is 0.898. The van der Waals surface area contributed by atoms with Gasteiger partial charge in [0.2, 0.25) is 0 Å². The highest BCUT2D eigenvalue weighted by molar-refractivity contribution is 5.10. The molecule has 0 bridgehead atoms. The van der Waals surface area contributed by atoms with Crippen LogP contribution in [0.2, 0.25) is 0 Å². The molecule has 1 aromatic heterocycles. The summed E-state index contributed by atoms with van der Waals surface area (Å²) in [6.45, 7) is 2.62. The molecule has 0 radical (unpaired) electrons. The molecule has 0 saturated carbocycles. The van der Waals surface area contributed by atoms with Crippen LogP contribution >= 0.6 is 0 Å². The second-order valence-electron chi connectivity index (χ2n) is 5.88. The van der Waals surface area contributed by atoms with Crippen LogP contribution in [-0.2, 0) is 4.74 Å². The molecule has 3 rings (SSSR count). The molecule has 1 spiro atoms. The van der Waals surface area contributed by atoms with Gasteiger partial charge in [0.25, 0.3) is 6.43 Å². The van der Waals surface area contributed by atoms with Gasteiger partial charge >= 0.3 is 0 Å². The van der Waals surface area contributed by atoms with E-state index in [0.29, 0.717) is 13.1 Å². The van der Waals surface area contributed by atoms with Crippen LogP contribution in [0.15, 0.2) is 24.4 Å². The Balaban J connectivity index is 1.80. The summed E-state index contributed by atoms with van der Waals surface area (Å²) in [5.74, 6) is 0. The molecule has 2 aliphatic rings. The number of hydrogen-bond donors (Lipinski definition) is 1. The van der Waals surface area contributed by atoms with Crippen molar-refractivity contribution in [2.24, 2.45) is 0 Å². The topological polar surface area (TPSA) is 37.4 Å². The predicted molar refractivity (Wildman–Crippen MR) is 75.3 cm³/mol. The van der Waals surface area contributed by atoms with Crippen LogP contribution in [0, 0.1) is 0 Å². The van der Waals surface area contributed by atoms with Crippen LogP contribution < -0.4 is 5.32 Å². The lowest BCUT2D eigenvalue weighted by Gasteiger charge is -2.48. The molecule has 1 aromatic rings. The van der Waals surface area contributed by atoms with Crippen molar-refractivity contribution >= 4 is 0 Å². The molecule has 116 valence electrons. The predicted octanol–water partition coefficient (Wildman–Crippen LogP) is 1.84. The molecule has 2 aliphatic heterocycles. The van der Waals surface area contributed by atoms with Gasteiger partial charge in [0, 0.05) is 19.3 Å². The molecule has 3 heterocycles. The molecule has 2 fully saturated rings. The van der Waals surface area contributed by atoms with E-state index in [1.165, 1.54) is 0 Å². The number of pyridine rings is 1. The Morgan fingerprint density at radius 2 is 2.19 bits per heavy atom. The zero-order valence-corrected chi connectivity index (χ0v) is 12.0. The lowest BCUT2D eigenvalue weighted by molar-refractivity contribution is -0.175. The van der Waals surface area contributed by atoms with Gasteiger partial charge in [0.05, 0.1) is 17.8 Å². The van der Waals surface area contributed by atoms with Crippen molar-refractivity contribution in [2.45, 2.75) is 31.0 Å². The van der Waals surface area contributed by atoms with Gasteiger partial charge in [-0.25, -0.2) is 8.78 Å². The van der Waals surface area contributed by atoms with Crippen LogP contribution in [0.1, 0.15) is 24.6 Å². The third-order valence-electron chi connectivity index (χ3n) is 4.26. The molecule has 6 heteroatoms. The first kappa shape index (κ1) is 14.8. The number of hydrogen-bond acceptors (Lipinski definition) is 4. The third-order valence-corrected chi connectivity index (χ3v) is 4.26. The summed E-state index contributed by atoms with van der Waals surface area (Å²) in [4.78, 5) is 6.17. The van der Waals surface area contributed by atoms with E-state index in [9.17, 15) is 8.78 Å². The van der Waals surface area contributed by atoms with Crippen LogP contribution in [0.3, 0.4) is 0 Å². The standard InChI is InChI=1S/C15H21F2N3O/c16-14(17)10-20-9-13(12-3-1-2-6-19-12)21-15(11-20)4-7-18-8-5-15/h1-3,6,13-14,18H,4-5,7-11H2. The zero-order chi connectivity index (χ0) is 14.7. The Hall–Kier alpha value is -1.11. The van der Waals surface area contributed by atoms with Gasteiger partial charge < -0.3 is 10.1 Å². The summed E-state index contributed by atoms with van der Waals surface area (Å²) in [7, 11) is 0. The number of rotatable bonds is 3. The summed E-state index contributed by atoms with van der Waals surface area (Å²) < 4.78 is 31.9. The highest BCUT2D eigenvalue weighted by atomic mass is 19.3. The van der Waals surface area contributed by atoms with Crippen molar-refractivity contribution in [2.75, 3.05) is 32.7 Å². The first-order chi connectivity index (χ1) is 10.2. The number of ether oxygens (including phenoxy) is 1. The first-order valence-corrected chi connectivity index (χ1v) is 7.47. The summed E-state index contributed by atoms with van der Waals surface area (Å²) in [6, 6.07) is 5.67. The quantitative estimate of drug-likeness (QED) is 0.924. The van der Waals surface area contributed by atoms with E-state index in [0.717, 1.165) is 31.6 Å². The van der Waals surface area contributed by atoms with E-state index >= 15 is 0 Å². The van der Waals surface area contributed by atoms with Crippen molar-refractivity contribution in [1.29, 1.82) is 0 Å². The lowest BCUT2D eigenvalue weighted by Crippen LogP contribution is -2.57. The summed E-state index contributed by atoms with van der Waals surface area (Å²) in [5.41, 5.74) is 0.509. The van der Waals surface area contributed by atoms with Crippen molar-refractivity contribution in [3.8, 4) is 0 Å². The van der Waals surface area contributed by atoms with Gasteiger partial charge in [0.15, 0.2) is 0 Å². The molecule has 0 aromatic carbocycles. The molecule has 1 unspecified atom stereocenters. The number of aromatic nitrogens is 1. The van der Waals surface area contributed by atoms with Crippen LogP contribution in [0.5, 0.6) is 0 Å². The van der Waals surface area contributed by atoms with Crippen molar-refractivity contribution in [3.63, 3.8) is 0 Å². The van der Waals surface area contributed by atoms with E-state index in [-0.39, 0.29) is 18.2 Å². The second kappa shape index (κ2) is 6.34. The first-order valence-electron chi connectivity index (χ1n) is 7.47. The molecule has 1 atom stereocenters. The number of piperidine rings is 1. The number of morpholine rings is 1. The Kier molecular flexibility index (Phi) is 4.47. The molecule has 0 aliphatic carbocycles. The molecular formula is C15H21F2N3O. The largest absolute Gasteiger partial charge is 0.363 e. The van der Waals surface area contributed by atoms with Crippen molar-refractivity contribution in [3.05, 3.63) is 30.1 Å². The molecule has 21 heavy (non-hydrogen) atoms. The van der Waals surface area contributed by atoms with Gasteiger partial charge in [-0.1, -0.05) is 6.07 Å². The molecular weight excluding hydrogens is 276 g/mol. The lowest BCUT2D eigenvalue weighted by atomic mass is 9.89. The SMILES string of the molecule is FC(F)CN1CC(c2ccccn2)OC2(CCNCC2)C1. The smallest absolute Gasteiger partial charge is 0.251 e. The van der Waals surface area contributed by atoms with Gasteiger partial charge in [0.1, 0.15) is 6.10 Å². The van der Waals surface area contributed by atoms with E-state index in [1.807, 2.05) is 23.1 Å². The zero-order valence-electron chi connectivity index (χ0n) is 12.0. The average Bonchev–Trinajstić information content (AvgIpc) is 2.48. The van der Waals surface area contributed by atoms with E-state index in [2.05, 4.69) is 10.3 Å². The minimum Gasteiger partial charge on any atom is -0.363 e. The van der Waals surface area contributed by atoms with Gasteiger partial charge in [-0.05, 0) is 38.1 Å². The summed E-state index contributed by atoms with van der Waals surface area (Å²) >= 11 is 0. The molecule has 0 amide bonds. The maximum Gasteiger partial charge on any atom is 0.251 e. The monoisotopic (exact) mass is 297 g/mol. The third kappa shape index (κ3) is 3.56. The maximum absolute atomic E-state index is 12.8. The Labute approximate surface area is 123 Å². The molecule has 1 N–H and O–H groups in total. The van der Waals surface area contributed by atoms with E-state index in [4.69, 9.17) is 4.74 Å². The van der Waals surface area contributed by atoms with Crippen molar-refractivity contribution < 1.29 is 13.5 Å². The second-order valence-corrected chi connectivity index (χ2v) is 5.88. The van der Waals surface area contributed by atoms with Crippen LogP contribution in [0.4, 0.5) is 8.78 Å². The fraction of sp³-hybridized carbons (Fsp3) is 0.667. The average molecular weight is 297 g/mol. The van der Waals surface area contributed by atoms with Crippen LogP contribution in [0.25, 0.3) is 0 Å². The molecule has 4 nitrogen and oxygen atoms in total. The maximum atomic E-state index is 12.8. The highest BCUT2D eigenvalue weighted by Gasteiger charge is 2.42. The van der Waals surface area contributed by atoms with Gasteiger partial charge in [-0.15, -0.1) is 0 Å². The van der Waals surface area contributed by atoms with Gasteiger partial charge in [-0.2, -0.15) is 0 Å². The summed E-state index contributed by atoms with van der Waals surface area (Å²) in [5, 5.41) is 3.30. The van der Waals surface area contributed by atoms with Crippen molar-refractivity contribution in [1.82, 2.24) is 15.2 Å². The Morgan fingerprint density at radius 3 is 2.86 bits per heavy atom. The number of alkyl halides is 2. The molecule has 2 saturated heterocycles. The normalized spacial score (nSPS) is 26.3.